The van der Waals surface area contributed by atoms with E-state index in [4.69, 9.17) is 9.26 Å². The molecule has 1 aromatic rings. The molecule has 2 rings (SSSR count). The minimum atomic E-state index is -0.475. The normalized spacial score (nSPS) is 20.9. The molecule has 2 atom stereocenters. The Hall–Kier alpha value is -0.690. The van der Waals surface area contributed by atoms with Gasteiger partial charge in [0.1, 0.15) is 5.92 Å². The third-order valence-corrected chi connectivity index (χ3v) is 5.79. The Balaban J connectivity index is 2.13. The number of hydrogen-bond acceptors (Lipinski definition) is 7. The van der Waals surface area contributed by atoms with Crippen LogP contribution < -0.4 is 0 Å². The van der Waals surface area contributed by atoms with Crippen molar-refractivity contribution >= 4 is 29.5 Å². The molecule has 1 fully saturated rings. The first kappa shape index (κ1) is 15.7. The summed E-state index contributed by atoms with van der Waals surface area (Å²) in [6, 6.07) is 0. The minimum Gasteiger partial charge on any atom is -0.465 e. The maximum atomic E-state index is 12.0. The minimum absolute atomic E-state index is 0.0655. The molecule has 2 unspecified atom stereocenters. The van der Waals surface area contributed by atoms with Crippen LogP contribution in [0.4, 0.5) is 0 Å². The second-order valence-electron chi connectivity index (χ2n) is 4.90. The van der Waals surface area contributed by atoms with E-state index >= 15 is 0 Å². The summed E-state index contributed by atoms with van der Waals surface area (Å²) in [5.41, 5.74) is 0. The maximum Gasteiger partial charge on any atom is 0.318 e. The first-order valence-electron chi connectivity index (χ1n) is 6.83. The SMILES string of the molecule is CCOC(=O)C(c1nc(C2CSCCS2)no1)C(C)C. The number of nitrogens with zero attached hydrogens (tertiary/aromatic N) is 2. The van der Waals surface area contributed by atoms with Crippen molar-refractivity contribution in [1.29, 1.82) is 0 Å². The van der Waals surface area contributed by atoms with Crippen LogP contribution in [-0.2, 0) is 9.53 Å². The Bertz CT molecular complexity index is 445. The lowest BCUT2D eigenvalue weighted by atomic mass is 9.96. The van der Waals surface area contributed by atoms with Gasteiger partial charge in [-0.25, -0.2) is 0 Å². The molecule has 0 radical (unpaired) electrons. The fourth-order valence-electron chi connectivity index (χ4n) is 2.03. The topological polar surface area (TPSA) is 65.2 Å². The summed E-state index contributed by atoms with van der Waals surface area (Å²) in [5.74, 6) is 3.65. The predicted octanol–water partition coefficient (Wildman–Crippen LogP) is 2.89. The molecule has 0 amide bonds. The van der Waals surface area contributed by atoms with Crippen molar-refractivity contribution in [1.82, 2.24) is 10.1 Å². The van der Waals surface area contributed by atoms with Crippen molar-refractivity contribution in [2.45, 2.75) is 31.9 Å². The van der Waals surface area contributed by atoms with E-state index in [1.807, 2.05) is 37.4 Å². The zero-order chi connectivity index (χ0) is 14.5. The molecule has 0 N–H and O–H groups in total. The Morgan fingerprint density at radius 3 is 2.90 bits per heavy atom. The van der Waals surface area contributed by atoms with E-state index in [1.165, 1.54) is 5.75 Å². The zero-order valence-corrected chi connectivity index (χ0v) is 13.6. The molecule has 112 valence electrons. The van der Waals surface area contributed by atoms with Gasteiger partial charge in [-0.15, -0.1) is 11.8 Å². The molecule has 0 spiro atoms. The van der Waals surface area contributed by atoms with E-state index in [0.717, 1.165) is 11.5 Å². The van der Waals surface area contributed by atoms with Crippen LogP contribution in [-0.4, -0.2) is 40.0 Å². The first-order valence-corrected chi connectivity index (χ1v) is 9.03. The second-order valence-corrected chi connectivity index (χ2v) is 7.36. The van der Waals surface area contributed by atoms with Crippen LogP contribution in [0.25, 0.3) is 0 Å². The highest BCUT2D eigenvalue weighted by atomic mass is 32.2. The average Bonchev–Trinajstić information content (AvgIpc) is 2.89. The lowest BCUT2D eigenvalue weighted by molar-refractivity contribution is -0.146. The molecule has 1 saturated heterocycles. The molecule has 20 heavy (non-hydrogen) atoms. The predicted molar refractivity (Wildman–Crippen MR) is 81.0 cm³/mol. The van der Waals surface area contributed by atoms with Crippen molar-refractivity contribution in [3.63, 3.8) is 0 Å². The van der Waals surface area contributed by atoms with Gasteiger partial charge < -0.3 is 9.26 Å². The lowest BCUT2D eigenvalue weighted by Gasteiger charge is -2.17. The van der Waals surface area contributed by atoms with Gasteiger partial charge in [0.15, 0.2) is 5.82 Å². The fourth-order valence-corrected chi connectivity index (χ4v) is 4.62. The smallest absolute Gasteiger partial charge is 0.318 e. The third kappa shape index (κ3) is 3.69. The summed E-state index contributed by atoms with van der Waals surface area (Å²) in [6.45, 7) is 6.07. The average molecular weight is 316 g/mol. The van der Waals surface area contributed by atoms with Gasteiger partial charge in [-0.2, -0.15) is 16.7 Å². The molecule has 0 aliphatic carbocycles. The van der Waals surface area contributed by atoms with Gasteiger partial charge in [-0.3, -0.25) is 4.79 Å². The van der Waals surface area contributed by atoms with Crippen molar-refractivity contribution < 1.29 is 14.1 Å². The molecule has 7 heteroatoms. The summed E-state index contributed by atoms with van der Waals surface area (Å²) in [6.07, 6.45) is 0. The van der Waals surface area contributed by atoms with E-state index in [2.05, 4.69) is 10.1 Å². The highest BCUT2D eigenvalue weighted by Crippen LogP contribution is 2.36. The standard InChI is InChI=1S/C13H20N2O3S2/c1-4-17-13(16)10(8(2)3)12-14-11(15-18-12)9-7-19-5-6-20-9/h8-10H,4-7H2,1-3H3. The Morgan fingerprint density at radius 1 is 1.50 bits per heavy atom. The first-order chi connectivity index (χ1) is 9.63. The van der Waals surface area contributed by atoms with Crippen LogP contribution in [0.3, 0.4) is 0 Å². The van der Waals surface area contributed by atoms with E-state index in [9.17, 15) is 4.79 Å². The molecule has 2 heterocycles. The van der Waals surface area contributed by atoms with Crippen molar-refractivity contribution in [2.24, 2.45) is 5.92 Å². The Morgan fingerprint density at radius 2 is 2.30 bits per heavy atom. The van der Waals surface area contributed by atoms with Gasteiger partial charge in [-0.1, -0.05) is 19.0 Å². The largest absolute Gasteiger partial charge is 0.465 e. The number of esters is 1. The van der Waals surface area contributed by atoms with Crippen molar-refractivity contribution in [2.75, 3.05) is 23.9 Å². The molecule has 1 aromatic heterocycles. The number of thioether (sulfide) groups is 2. The van der Waals surface area contributed by atoms with Crippen LogP contribution in [0.1, 0.15) is 43.7 Å². The summed E-state index contributed by atoms with van der Waals surface area (Å²) in [7, 11) is 0. The maximum absolute atomic E-state index is 12.0. The van der Waals surface area contributed by atoms with Crippen LogP contribution in [0, 0.1) is 5.92 Å². The number of ether oxygens (including phenoxy) is 1. The quantitative estimate of drug-likeness (QED) is 0.774. The number of aromatic nitrogens is 2. The van der Waals surface area contributed by atoms with Crippen LogP contribution in [0.2, 0.25) is 0 Å². The third-order valence-electron chi connectivity index (χ3n) is 3.03. The molecule has 5 nitrogen and oxygen atoms in total. The number of hydrogen-bond donors (Lipinski definition) is 0. The summed E-state index contributed by atoms with van der Waals surface area (Å²) in [4.78, 5) is 16.5. The Kier molecular flexibility index (Phi) is 5.77. The number of carbonyl (C=O) groups is 1. The van der Waals surface area contributed by atoms with E-state index in [0.29, 0.717) is 18.3 Å². The van der Waals surface area contributed by atoms with Gasteiger partial charge >= 0.3 is 5.97 Å². The molecule has 0 aromatic carbocycles. The molecule has 0 saturated carbocycles. The van der Waals surface area contributed by atoms with Crippen molar-refractivity contribution in [3.8, 4) is 0 Å². The molecular weight excluding hydrogens is 296 g/mol. The van der Waals surface area contributed by atoms with E-state index in [1.54, 1.807) is 6.92 Å². The highest BCUT2D eigenvalue weighted by Gasteiger charge is 2.32. The van der Waals surface area contributed by atoms with Gasteiger partial charge in [0.25, 0.3) is 0 Å². The van der Waals surface area contributed by atoms with E-state index in [-0.39, 0.29) is 17.1 Å². The fraction of sp³-hybridized carbons (Fsp3) is 0.769. The van der Waals surface area contributed by atoms with Crippen LogP contribution in [0.5, 0.6) is 0 Å². The molecular formula is C13H20N2O3S2. The lowest BCUT2D eigenvalue weighted by Crippen LogP contribution is -2.21. The highest BCUT2D eigenvalue weighted by molar-refractivity contribution is 8.06. The van der Waals surface area contributed by atoms with Gasteiger partial charge in [0.05, 0.1) is 11.9 Å². The summed E-state index contributed by atoms with van der Waals surface area (Å²) >= 11 is 3.75. The second kappa shape index (κ2) is 7.36. The number of carbonyl (C=O) groups excluding carboxylic acids is 1. The summed E-state index contributed by atoms with van der Waals surface area (Å²) in [5, 5.41) is 4.32. The molecule has 1 aliphatic heterocycles. The zero-order valence-electron chi connectivity index (χ0n) is 12.0. The Labute approximate surface area is 127 Å². The van der Waals surface area contributed by atoms with Crippen LogP contribution >= 0.6 is 23.5 Å². The molecule has 0 bridgehead atoms. The monoisotopic (exact) mass is 316 g/mol. The molecule has 1 aliphatic rings. The summed E-state index contributed by atoms with van der Waals surface area (Å²) < 4.78 is 10.4. The van der Waals surface area contributed by atoms with Gasteiger partial charge in [0.2, 0.25) is 5.89 Å². The van der Waals surface area contributed by atoms with Gasteiger partial charge in [-0.05, 0) is 12.8 Å². The van der Waals surface area contributed by atoms with Gasteiger partial charge in [0, 0.05) is 17.3 Å². The number of rotatable bonds is 5. The van der Waals surface area contributed by atoms with Crippen molar-refractivity contribution in [3.05, 3.63) is 11.7 Å². The van der Waals surface area contributed by atoms with E-state index < -0.39 is 5.92 Å². The van der Waals surface area contributed by atoms with Crippen LogP contribution in [0.15, 0.2) is 4.52 Å².